The van der Waals surface area contributed by atoms with Gasteiger partial charge in [0.15, 0.2) is 11.0 Å². The summed E-state index contributed by atoms with van der Waals surface area (Å²) < 4.78 is 14.9. The average Bonchev–Trinajstić information content (AvgIpc) is 3.21. The quantitative estimate of drug-likeness (QED) is 0.481. The molecule has 0 fully saturated rings. The Labute approximate surface area is 171 Å². The normalized spacial score (nSPS) is 11.3. The van der Waals surface area contributed by atoms with Crippen LogP contribution in [0.2, 0.25) is 0 Å². The lowest BCUT2D eigenvalue weighted by Gasteiger charge is -2.04. The van der Waals surface area contributed by atoms with Gasteiger partial charge in [-0.15, -0.1) is 21.5 Å². The molecule has 0 radical (unpaired) electrons. The second-order valence-corrected chi connectivity index (χ2v) is 8.14. The summed E-state index contributed by atoms with van der Waals surface area (Å²) in [4.78, 5) is 31.0. The number of aromatic carboxylic acids is 1. The first-order valence-corrected chi connectivity index (χ1v) is 10.2. The third kappa shape index (κ3) is 3.54. The van der Waals surface area contributed by atoms with E-state index in [1.807, 2.05) is 0 Å². The molecule has 0 aliphatic rings. The number of nitrogens with zero attached hydrogens (tertiary/aromatic N) is 4. The van der Waals surface area contributed by atoms with Gasteiger partial charge in [-0.25, -0.2) is 9.37 Å². The second kappa shape index (κ2) is 7.41. The van der Waals surface area contributed by atoms with E-state index in [0.29, 0.717) is 33.0 Å². The molecule has 3 heterocycles. The molecule has 1 aromatic carbocycles. The van der Waals surface area contributed by atoms with Crippen molar-refractivity contribution in [2.75, 3.05) is 0 Å². The van der Waals surface area contributed by atoms with Crippen LogP contribution in [0.1, 0.15) is 21.1 Å². The van der Waals surface area contributed by atoms with E-state index in [0.717, 1.165) is 16.9 Å². The summed E-state index contributed by atoms with van der Waals surface area (Å²) in [7, 11) is 1.79. The van der Waals surface area contributed by atoms with E-state index in [9.17, 15) is 19.1 Å². The van der Waals surface area contributed by atoms with Crippen LogP contribution >= 0.6 is 23.1 Å². The first-order chi connectivity index (χ1) is 13.8. The van der Waals surface area contributed by atoms with Crippen LogP contribution < -0.4 is 10.7 Å². The van der Waals surface area contributed by atoms with Crippen LogP contribution in [0.25, 0.3) is 21.6 Å². The average molecular weight is 430 g/mol. The molecular weight excluding hydrogens is 417 g/mol. The Morgan fingerprint density at radius 1 is 1.31 bits per heavy atom. The predicted octanol–water partition coefficient (Wildman–Crippen LogP) is 1.88. The van der Waals surface area contributed by atoms with Crippen LogP contribution in [0, 0.1) is 12.7 Å². The molecule has 0 bridgehead atoms. The van der Waals surface area contributed by atoms with Crippen molar-refractivity contribution in [3.63, 3.8) is 0 Å². The topological polar surface area (TPSA) is 117 Å². The van der Waals surface area contributed by atoms with Crippen LogP contribution in [-0.2, 0) is 12.8 Å². The number of carboxylic acid groups (broad SMARTS) is 1. The van der Waals surface area contributed by atoms with Crippen LogP contribution in [0.3, 0.4) is 0 Å². The van der Waals surface area contributed by atoms with Gasteiger partial charge in [0.2, 0.25) is 0 Å². The van der Waals surface area contributed by atoms with Crippen molar-refractivity contribution in [1.82, 2.24) is 24.7 Å². The lowest BCUT2D eigenvalue weighted by molar-refractivity contribution is -0.254. The first-order valence-electron chi connectivity index (χ1n) is 8.37. The number of hydrogen-bond acceptors (Lipinski definition) is 8. The third-order valence-corrected chi connectivity index (χ3v) is 6.51. The van der Waals surface area contributed by atoms with Crippen LogP contribution in [-0.4, -0.2) is 30.7 Å². The highest BCUT2D eigenvalue weighted by Crippen LogP contribution is 2.28. The fourth-order valence-electron chi connectivity index (χ4n) is 2.88. The van der Waals surface area contributed by atoms with Crippen LogP contribution in [0.5, 0.6) is 0 Å². The minimum Gasteiger partial charge on any atom is -0.544 e. The number of halogens is 1. The fourth-order valence-corrected chi connectivity index (χ4v) is 4.69. The largest absolute Gasteiger partial charge is 0.544 e. The molecule has 0 saturated heterocycles. The molecule has 0 unspecified atom stereocenters. The number of thioether (sulfide) groups is 1. The number of fused-ring (bicyclic) bond motifs is 1. The van der Waals surface area contributed by atoms with E-state index in [4.69, 9.17) is 0 Å². The van der Waals surface area contributed by atoms with Gasteiger partial charge in [0.1, 0.15) is 16.5 Å². The van der Waals surface area contributed by atoms with Crippen molar-refractivity contribution in [3.05, 3.63) is 56.7 Å². The molecule has 4 aromatic rings. The highest BCUT2D eigenvalue weighted by Gasteiger charge is 2.16. The summed E-state index contributed by atoms with van der Waals surface area (Å²) in [5.41, 5.74) is 0.692. The number of carboxylic acids is 1. The Morgan fingerprint density at radius 2 is 2.03 bits per heavy atom. The number of thiophene rings is 1. The number of H-pyrrole nitrogens is 1. The standard InChI is InChI=1S/C18H14FN5O3S2/c1-8-12-15(25)20-11(21-16(12)29-13(8)17(26)27)7-28-18-23-22-14(24(18)2)9-3-5-10(19)6-4-9/h3-6H,7H2,1-2H3,(H,26,27)(H,20,21,25)/p-1. The zero-order chi connectivity index (χ0) is 20.7. The number of carbonyl (C=O) groups excluding carboxylic acids is 1. The number of aromatic amines is 1. The molecule has 0 spiro atoms. The molecule has 29 heavy (non-hydrogen) atoms. The molecular formula is C18H13FN5O3S2-. The van der Waals surface area contributed by atoms with Crippen molar-refractivity contribution in [3.8, 4) is 11.4 Å². The zero-order valence-electron chi connectivity index (χ0n) is 15.2. The summed E-state index contributed by atoms with van der Waals surface area (Å²) in [5, 5.41) is 20.3. The number of carbonyl (C=O) groups is 1. The summed E-state index contributed by atoms with van der Waals surface area (Å²) >= 11 is 2.23. The molecule has 3 aromatic heterocycles. The lowest BCUT2D eigenvalue weighted by Crippen LogP contribution is -2.21. The molecule has 11 heteroatoms. The van der Waals surface area contributed by atoms with Crippen LogP contribution in [0.15, 0.2) is 34.2 Å². The van der Waals surface area contributed by atoms with Crippen molar-refractivity contribution in [2.24, 2.45) is 7.05 Å². The summed E-state index contributed by atoms with van der Waals surface area (Å²) in [6, 6.07) is 5.94. The number of aromatic nitrogens is 5. The maximum absolute atomic E-state index is 13.1. The van der Waals surface area contributed by atoms with Gasteiger partial charge >= 0.3 is 0 Å². The number of nitrogens with one attached hydrogen (secondary N) is 1. The Balaban J connectivity index is 1.60. The van der Waals surface area contributed by atoms with Gasteiger partial charge in [0, 0.05) is 12.6 Å². The maximum atomic E-state index is 13.1. The van der Waals surface area contributed by atoms with Gasteiger partial charge in [0.25, 0.3) is 5.56 Å². The molecule has 0 aliphatic heterocycles. The number of aryl methyl sites for hydroxylation is 1. The van der Waals surface area contributed by atoms with E-state index in [1.165, 1.54) is 23.9 Å². The molecule has 0 saturated carbocycles. The second-order valence-electron chi connectivity index (χ2n) is 6.20. The third-order valence-electron chi connectivity index (χ3n) is 4.31. The minimum absolute atomic E-state index is 0.0000407. The SMILES string of the molecule is Cc1c(C(=O)[O-])sc2nc(CSc3nnc(-c4ccc(F)cc4)n3C)[nH]c(=O)c12. The van der Waals surface area contributed by atoms with Crippen molar-refractivity contribution >= 4 is 39.3 Å². The van der Waals surface area contributed by atoms with E-state index < -0.39 is 11.5 Å². The predicted molar refractivity (Wildman–Crippen MR) is 105 cm³/mol. The van der Waals surface area contributed by atoms with Crippen molar-refractivity contribution < 1.29 is 14.3 Å². The van der Waals surface area contributed by atoms with Gasteiger partial charge in [-0.2, -0.15) is 0 Å². The van der Waals surface area contributed by atoms with E-state index in [2.05, 4.69) is 20.2 Å². The molecule has 8 nitrogen and oxygen atoms in total. The molecule has 0 amide bonds. The minimum atomic E-state index is -1.33. The molecule has 148 valence electrons. The van der Waals surface area contributed by atoms with Gasteiger partial charge in [-0.1, -0.05) is 11.8 Å². The molecule has 0 aliphatic carbocycles. The van der Waals surface area contributed by atoms with E-state index in [1.54, 1.807) is 30.7 Å². The van der Waals surface area contributed by atoms with Crippen molar-refractivity contribution in [2.45, 2.75) is 17.8 Å². The summed E-state index contributed by atoms with van der Waals surface area (Å²) in [6.07, 6.45) is 0. The molecule has 1 N–H and O–H groups in total. The van der Waals surface area contributed by atoms with Crippen LogP contribution in [0.4, 0.5) is 4.39 Å². The Hall–Kier alpha value is -3.05. The Bertz CT molecular complexity index is 1290. The number of benzene rings is 1. The maximum Gasteiger partial charge on any atom is 0.259 e. The Morgan fingerprint density at radius 3 is 2.72 bits per heavy atom. The highest BCUT2D eigenvalue weighted by molar-refractivity contribution is 7.98. The first kappa shape index (κ1) is 19.3. The molecule has 0 atom stereocenters. The smallest absolute Gasteiger partial charge is 0.259 e. The van der Waals surface area contributed by atoms with Gasteiger partial charge in [-0.05, 0) is 36.8 Å². The Kier molecular flexibility index (Phi) is 4.92. The number of hydrogen-bond donors (Lipinski definition) is 1. The van der Waals surface area contributed by atoms with Gasteiger partial charge in [-0.3, -0.25) is 4.79 Å². The summed E-state index contributed by atoms with van der Waals surface area (Å²) in [6.45, 7) is 1.56. The van der Waals surface area contributed by atoms with Crippen molar-refractivity contribution in [1.29, 1.82) is 0 Å². The van der Waals surface area contributed by atoms with Gasteiger partial charge < -0.3 is 19.5 Å². The fraction of sp³-hybridized carbons (Fsp3) is 0.167. The monoisotopic (exact) mass is 430 g/mol. The zero-order valence-corrected chi connectivity index (χ0v) is 16.9. The van der Waals surface area contributed by atoms with Gasteiger partial charge in [0.05, 0.1) is 22.0 Å². The highest BCUT2D eigenvalue weighted by atomic mass is 32.2. The molecule has 4 rings (SSSR count). The van der Waals surface area contributed by atoms with E-state index >= 15 is 0 Å². The van der Waals surface area contributed by atoms with E-state index in [-0.39, 0.29) is 16.1 Å². The number of rotatable bonds is 5. The lowest BCUT2D eigenvalue weighted by atomic mass is 10.2. The summed E-state index contributed by atoms with van der Waals surface area (Å²) in [5.74, 6) is -0.380.